The number of hydrogen-bond acceptors (Lipinski definition) is 7. The van der Waals surface area contributed by atoms with Crippen molar-refractivity contribution in [3.63, 3.8) is 0 Å². The van der Waals surface area contributed by atoms with Crippen LogP contribution >= 0.6 is 12.2 Å². The summed E-state index contributed by atoms with van der Waals surface area (Å²) in [5, 5.41) is 8.53. The number of carbonyl (C=O) groups excluding carboxylic acids is 2. The number of benzene rings is 2. The molecular weight excluding hydrogens is 482 g/mol. The molecule has 0 aliphatic heterocycles. The third kappa shape index (κ3) is 6.76. The van der Waals surface area contributed by atoms with Gasteiger partial charge in [0.1, 0.15) is 0 Å². The van der Waals surface area contributed by atoms with E-state index in [1.165, 1.54) is 6.26 Å². The highest BCUT2D eigenvalue weighted by atomic mass is 32.1. The number of rotatable bonds is 10. The fraction of sp³-hybridized carbons (Fsp3) is 0.269. The first kappa shape index (κ1) is 26.6. The summed E-state index contributed by atoms with van der Waals surface area (Å²) in [5.41, 5.74) is 2.31. The average molecular weight is 512 g/mol. The SMILES string of the molecule is CCOc1cc(C(=O)NC(=S)Nc2cc(NC(=O)c3ccco3)ccc2C)cc(OCC)c1OCC. The maximum absolute atomic E-state index is 13.0. The van der Waals surface area contributed by atoms with Crippen LogP contribution in [0.4, 0.5) is 11.4 Å². The van der Waals surface area contributed by atoms with Gasteiger partial charge in [0.05, 0.1) is 26.1 Å². The molecule has 36 heavy (non-hydrogen) atoms. The Kier molecular flexibility index (Phi) is 9.29. The summed E-state index contributed by atoms with van der Waals surface area (Å²) >= 11 is 5.37. The molecule has 3 aromatic rings. The van der Waals surface area contributed by atoms with Crippen LogP contribution in [0.25, 0.3) is 0 Å². The van der Waals surface area contributed by atoms with Crippen LogP contribution in [0.1, 0.15) is 47.2 Å². The van der Waals surface area contributed by atoms with Gasteiger partial charge in [-0.15, -0.1) is 0 Å². The van der Waals surface area contributed by atoms with Gasteiger partial charge < -0.3 is 29.3 Å². The van der Waals surface area contributed by atoms with Crippen LogP contribution in [0.5, 0.6) is 17.2 Å². The van der Waals surface area contributed by atoms with Gasteiger partial charge in [-0.1, -0.05) is 6.07 Å². The number of anilines is 2. The quantitative estimate of drug-likeness (QED) is 0.320. The largest absolute Gasteiger partial charge is 0.490 e. The predicted octanol–water partition coefficient (Wildman–Crippen LogP) is 5.16. The fourth-order valence-corrected chi connectivity index (χ4v) is 3.49. The van der Waals surface area contributed by atoms with Crippen LogP contribution in [-0.4, -0.2) is 36.7 Å². The minimum atomic E-state index is -0.447. The van der Waals surface area contributed by atoms with Crippen LogP contribution in [-0.2, 0) is 0 Å². The molecule has 0 aliphatic carbocycles. The maximum atomic E-state index is 13.0. The summed E-state index contributed by atoms with van der Waals surface area (Å²) < 4.78 is 22.2. The molecule has 1 aromatic heterocycles. The van der Waals surface area contributed by atoms with Crippen molar-refractivity contribution in [2.24, 2.45) is 0 Å². The maximum Gasteiger partial charge on any atom is 0.291 e. The molecular formula is C26H29N3O6S. The number of thiocarbonyl (C=S) groups is 1. The molecule has 0 spiro atoms. The zero-order chi connectivity index (χ0) is 26.1. The highest BCUT2D eigenvalue weighted by Crippen LogP contribution is 2.39. The summed E-state index contributed by atoms with van der Waals surface area (Å²) in [4.78, 5) is 25.3. The minimum Gasteiger partial charge on any atom is -0.490 e. The molecule has 0 radical (unpaired) electrons. The standard InChI is InChI=1S/C26H29N3O6S/c1-5-32-21-13-17(14-22(33-6-2)23(21)34-7-3)24(30)29-26(36)28-19-15-18(11-10-16(19)4)27-25(31)20-9-8-12-35-20/h8-15H,5-7H2,1-4H3,(H,27,31)(H2,28,29,30,36). The average Bonchev–Trinajstić information content (AvgIpc) is 3.38. The molecule has 9 nitrogen and oxygen atoms in total. The number of furan rings is 1. The third-order valence-electron chi connectivity index (χ3n) is 4.89. The molecule has 0 aliphatic rings. The van der Waals surface area contributed by atoms with E-state index in [4.69, 9.17) is 30.8 Å². The lowest BCUT2D eigenvalue weighted by Gasteiger charge is -2.17. The number of nitrogens with one attached hydrogen (secondary N) is 3. The van der Waals surface area contributed by atoms with Crippen molar-refractivity contribution in [3.05, 3.63) is 65.6 Å². The van der Waals surface area contributed by atoms with E-state index in [1.54, 1.807) is 36.4 Å². The Morgan fingerprint density at radius 3 is 2.14 bits per heavy atom. The van der Waals surface area contributed by atoms with Gasteiger partial charge in [0.2, 0.25) is 5.75 Å². The molecule has 2 amide bonds. The monoisotopic (exact) mass is 511 g/mol. The van der Waals surface area contributed by atoms with Crippen LogP contribution in [0.3, 0.4) is 0 Å². The molecule has 3 rings (SSSR count). The van der Waals surface area contributed by atoms with Crippen molar-refractivity contribution in [3.8, 4) is 17.2 Å². The Bertz CT molecular complexity index is 1200. The first-order valence-electron chi connectivity index (χ1n) is 11.5. The molecule has 3 N–H and O–H groups in total. The lowest BCUT2D eigenvalue weighted by atomic mass is 10.1. The topological polar surface area (TPSA) is 111 Å². The van der Waals surface area contributed by atoms with Gasteiger partial charge in [0, 0.05) is 16.9 Å². The van der Waals surface area contributed by atoms with Gasteiger partial charge in [-0.3, -0.25) is 14.9 Å². The smallest absolute Gasteiger partial charge is 0.291 e. The van der Waals surface area contributed by atoms with E-state index in [1.807, 2.05) is 33.8 Å². The summed E-state index contributed by atoms with van der Waals surface area (Å²) in [6.07, 6.45) is 1.43. The molecule has 2 aromatic carbocycles. The summed E-state index contributed by atoms with van der Waals surface area (Å²) in [6, 6.07) is 11.7. The van der Waals surface area contributed by atoms with Crippen molar-refractivity contribution in [1.82, 2.24) is 5.32 Å². The number of hydrogen-bond donors (Lipinski definition) is 3. The second-order valence-corrected chi connectivity index (χ2v) is 7.88. The second-order valence-electron chi connectivity index (χ2n) is 7.47. The zero-order valence-corrected chi connectivity index (χ0v) is 21.4. The van der Waals surface area contributed by atoms with Gasteiger partial charge in [-0.05, 0) is 81.9 Å². The second kappa shape index (κ2) is 12.6. The van der Waals surface area contributed by atoms with Crippen molar-refractivity contribution in [1.29, 1.82) is 0 Å². The highest BCUT2D eigenvalue weighted by Gasteiger charge is 2.19. The highest BCUT2D eigenvalue weighted by molar-refractivity contribution is 7.80. The van der Waals surface area contributed by atoms with Crippen molar-refractivity contribution in [2.75, 3.05) is 30.5 Å². The van der Waals surface area contributed by atoms with E-state index in [9.17, 15) is 9.59 Å². The number of amides is 2. The molecule has 190 valence electrons. The van der Waals surface area contributed by atoms with E-state index in [2.05, 4.69) is 16.0 Å². The predicted molar refractivity (Wildman–Crippen MR) is 141 cm³/mol. The van der Waals surface area contributed by atoms with E-state index in [0.717, 1.165) is 5.56 Å². The van der Waals surface area contributed by atoms with E-state index in [0.29, 0.717) is 54.0 Å². The van der Waals surface area contributed by atoms with E-state index >= 15 is 0 Å². The molecule has 0 fully saturated rings. The van der Waals surface area contributed by atoms with Crippen molar-refractivity contribution >= 4 is 40.5 Å². The first-order valence-corrected chi connectivity index (χ1v) is 11.9. The Morgan fingerprint density at radius 1 is 0.889 bits per heavy atom. The molecule has 10 heteroatoms. The summed E-state index contributed by atoms with van der Waals surface area (Å²) in [6.45, 7) is 8.62. The lowest BCUT2D eigenvalue weighted by molar-refractivity contribution is 0.0974. The van der Waals surface area contributed by atoms with Gasteiger partial charge in [-0.25, -0.2) is 0 Å². The normalized spacial score (nSPS) is 10.3. The molecule has 0 bridgehead atoms. The Morgan fingerprint density at radius 2 is 1.56 bits per heavy atom. The summed E-state index contributed by atoms with van der Waals surface area (Å²) in [5.74, 6) is 0.632. The van der Waals surface area contributed by atoms with Crippen molar-refractivity contribution < 1.29 is 28.2 Å². The van der Waals surface area contributed by atoms with E-state index < -0.39 is 5.91 Å². The van der Waals surface area contributed by atoms with Crippen LogP contribution in [0, 0.1) is 6.92 Å². The number of carbonyl (C=O) groups is 2. The van der Waals surface area contributed by atoms with Crippen LogP contribution in [0.15, 0.2) is 53.1 Å². The first-order chi connectivity index (χ1) is 17.4. The molecule has 0 saturated heterocycles. The van der Waals surface area contributed by atoms with Gasteiger partial charge >= 0.3 is 0 Å². The van der Waals surface area contributed by atoms with Gasteiger partial charge in [0.15, 0.2) is 22.4 Å². The number of aryl methyl sites for hydroxylation is 1. The lowest BCUT2D eigenvalue weighted by Crippen LogP contribution is -2.34. The zero-order valence-electron chi connectivity index (χ0n) is 20.6. The number of ether oxygens (including phenoxy) is 3. The van der Waals surface area contributed by atoms with Crippen LogP contribution < -0.4 is 30.2 Å². The fourth-order valence-electron chi connectivity index (χ4n) is 3.28. The molecule has 0 atom stereocenters. The molecule has 1 heterocycles. The Hall–Kier alpha value is -4.05. The molecule has 0 unspecified atom stereocenters. The van der Waals surface area contributed by atoms with E-state index in [-0.39, 0.29) is 16.8 Å². The molecule has 0 saturated carbocycles. The minimum absolute atomic E-state index is 0.0856. The van der Waals surface area contributed by atoms with Gasteiger partial charge in [-0.2, -0.15) is 0 Å². The summed E-state index contributed by atoms with van der Waals surface area (Å²) in [7, 11) is 0. The third-order valence-corrected chi connectivity index (χ3v) is 5.09. The van der Waals surface area contributed by atoms with Gasteiger partial charge in [0.25, 0.3) is 11.8 Å². The Balaban J connectivity index is 1.74. The van der Waals surface area contributed by atoms with Crippen molar-refractivity contribution in [2.45, 2.75) is 27.7 Å². The Labute approximate surface area is 215 Å². The van der Waals surface area contributed by atoms with Crippen LogP contribution in [0.2, 0.25) is 0 Å².